The molecule has 294 valence electrons. The van der Waals surface area contributed by atoms with Gasteiger partial charge in [-0.25, -0.2) is 0 Å². The first kappa shape index (κ1) is 48.7. The van der Waals surface area contributed by atoms with Crippen molar-refractivity contribution in [1.82, 2.24) is 0 Å². The Morgan fingerprint density at radius 1 is 0.640 bits per heavy atom. The van der Waals surface area contributed by atoms with Crippen molar-refractivity contribution < 1.29 is 37.3 Å². The van der Waals surface area contributed by atoms with Crippen LogP contribution >= 0.6 is 7.82 Å². The zero-order valence-corrected chi connectivity index (χ0v) is 34.0. The molecule has 2 atom stereocenters. The second-order valence-electron chi connectivity index (χ2n) is 14.6. The molecule has 0 spiro atoms. The number of phosphoric ester groups is 1. The molecule has 0 aliphatic heterocycles. The van der Waals surface area contributed by atoms with E-state index in [1.165, 1.54) is 83.5 Å². The molecule has 0 bridgehead atoms. The van der Waals surface area contributed by atoms with Crippen LogP contribution in [0.25, 0.3) is 0 Å². The van der Waals surface area contributed by atoms with Gasteiger partial charge >= 0.3 is 5.97 Å². The molecule has 0 heterocycles. The van der Waals surface area contributed by atoms with E-state index in [2.05, 4.69) is 50.3 Å². The Hall–Kier alpha value is -1.28. The fraction of sp³-hybridized carbons (Fsp3) is 0.829. The molecular weight excluding hydrogens is 649 g/mol. The van der Waals surface area contributed by atoms with E-state index in [1.807, 2.05) is 21.1 Å². The number of likely N-dealkylation sites (N-methyl/N-ethyl adjacent to an activating group) is 1. The van der Waals surface area contributed by atoms with Crippen molar-refractivity contribution in [3.05, 3.63) is 36.5 Å². The number of carbonyl (C=O) groups excluding carboxylic acids is 1. The molecule has 9 heteroatoms. The highest BCUT2D eigenvalue weighted by Crippen LogP contribution is 2.38. The van der Waals surface area contributed by atoms with Crippen molar-refractivity contribution in [1.29, 1.82) is 0 Å². The molecule has 0 rings (SSSR count). The third-order valence-corrected chi connectivity index (χ3v) is 9.42. The molecule has 0 aliphatic rings. The molecule has 50 heavy (non-hydrogen) atoms. The summed E-state index contributed by atoms with van der Waals surface area (Å²) >= 11 is 0. The minimum Gasteiger partial charge on any atom is -0.756 e. The minimum absolute atomic E-state index is 0.0244. The SMILES string of the molecule is CC/C=C\C/C=C\C/C=C\CCCCCCCCCC(=O)OC(COCCCCCCCCCCCCC)COP(=O)([O-])OCC[N+](C)(C)C. The Bertz CT molecular complexity index is 900. The number of phosphoric acid groups is 1. The van der Waals surface area contributed by atoms with Crippen LogP contribution in [0.3, 0.4) is 0 Å². The molecule has 0 aromatic heterocycles. The molecule has 0 N–H and O–H groups in total. The highest BCUT2D eigenvalue weighted by Gasteiger charge is 2.20. The molecule has 0 fully saturated rings. The maximum atomic E-state index is 12.6. The van der Waals surface area contributed by atoms with E-state index < -0.39 is 13.9 Å². The fourth-order valence-corrected chi connectivity index (χ4v) is 6.05. The maximum Gasteiger partial charge on any atom is 0.306 e. The lowest BCUT2D eigenvalue weighted by molar-refractivity contribution is -0.870. The fourth-order valence-electron chi connectivity index (χ4n) is 5.32. The normalized spacial score (nSPS) is 14.3. The molecule has 2 unspecified atom stereocenters. The van der Waals surface area contributed by atoms with Gasteiger partial charge in [0.15, 0.2) is 0 Å². The highest BCUT2D eigenvalue weighted by atomic mass is 31.2. The predicted molar refractivity (Wildman–Crippen MR) is 208 cm³/mol. The first-order valence-electron chi connectivity index (χ1n) is 20.2. The molecular formula is C41H78NO7P. The van der Waals surface area contributed by atoms with Crippen molar-refractivity contribution in [3.63, 3.8) is 0 Å². The van der Waals surface area contributed by atoms with Crippen LogP contribution in [0.5, 0.6) is 0 Å². The zero-order valence-electron chi connectivity index (χ0n) is 33.1. The lowest BCUT2D eigenvalue weighted by Crippen LogP contribution is -2.37. The third-order valence-electron chi connectivity index (χ3n) is 8.46. The predicted octanol–water partition coefficient (Wildman–Crippen LogP) is 10.8. The van der Waals surface area contributed by atoms with Gasteiger partial charge in [-0.1, -0.05) is 147 Å². The molecule has 0 aliphatic carbocycles. The number of allylic oxidation sites excluding steroid dienone is 6. The highest BCUT2D eigenvalue weighted by molar-refractivity contribution is 7.45. The second kappa shape index (κ2) is 34.8. The van der Waals surface area contributed by atoms with E-state index in [4.69, 9.17) is 18.5 Å². The number of quaternary nitrogens is 1. The number of esters is 1. The summed E-state index contributed by atoms with van der Waals surface area (Å²) in [7, 11) is 1.35. The molecule has 0 aromatic carbocycles. The van der Waals surface area contributed by atoms with Crippen LogP contribution in [0, 0.1) is 0 Å². The molecule has 0 amide bonds. The molecule has 0 saturated carbocycles. The monoisotopic (exact) mass is 728 g/mol. The summed E-state index contributed by atoms with van der Waals surface area (Å²) in [4.78, 5) is 25.0. The Morgan fingerprint density at radius 3 is 1.74 bits per heavy atom. The third kappa shape index (κ3) is 38.0. The number of nitrogens with zero attached hydrogens (tertiary/aromatic N) is 1. The van der Waals surface area contributed by atoms with Gasteiger partial charge in [0.2, 0.25) is 0 Å². The molecule has 8 nitrogen and oxygen atoms in total. The van der Waals surface area contributed by atoms with Gasteiger partial charge in [-0.05, 0) is 44.9 Å². The Labute approximate surface area is 308 Å². The molecule has 0 saturated heterocycles. The smallest absolute Gasteiger partial charge is 0.306 e. The lowest BCUT2D eigenvalue weighted by atomic mass is 10.1. The quantitative estimate of drug-likeness (QED) is 0.0207. The van der Waals surface area contributed by atoms with Gasteiger partial charge in [0, 0.05) is 13.0 Å². The van der Waals surface area contributed by atoms with Crippen LogP contribution in [-0.4, -0.2) is 70.7 Å². The van der Waals surface area contributed by atoms with Crippen LogP contribution in [0.15, 0.2) is 36.5 Å². The summed E-state index contributed by atoms with van der Waals surface area (Å²) in [6.07, 6.45) is 38.6. The number of unbranched alkanes of at least 4 members (excludes halogenated alkanes) is 17. The van der Waals surface area contributed by atoms with Crippen LogP contribution in [0.2, 0.25) is 0 Å². The summed E-state index contributed by atoms with van der Waals surface area (Å²) in [6, 6.07) is 0. The number of hydrogen-bond donors (Lipinski definition) is 0. The van der Waals surface area contributed by atoms with E-state index in [0.717, 1.165) is 57.8 Å². The van der Waals surface area contributed by atoms with Crippen molar-refractivity contribution in [2.24, 2.45) is 0 Å². The zero-order chi connectivity index (χ0) is 37.0. The standard InChI is InChI=1S/C41H78NO7P/c1-6-8-10-12-14-16-18-19-20-21-22-23-24-26-28-30-32-34-41(43)49-40(39-48-50(44,45)47-37-35-42(3,4)5)38-46-36-33-31-29-27-25-17-15-13-11-9-7-2/h8,10,14,16,19-20,40H,6-7,9,11-13,15,17-18,21-39H2,1-5H3/b10-8-,16-14-,20-19-. The maximum absolute atomic E-state index is 12.6. The van der Waals surface area contributed by atoms with E-state index in [1.54, 1.807) is 0 Å². The molecule has 0 aromatic rings. The average molecular weight is 728 g/mol. The summed E-state index contributed by atoms with van der Waals surface area (Å²) in [5, 5.41) is 0. The first-order chi connectivity index (χ1) is 24.1. The summed E-state index contributed by atoms with van der Waals surface area (Å²) in [5.41, 5.74) is 0. The van der Waals surface area contributed by atoms with Crippen LogP contribution in [0.1, 0.15) is 162 Å². The number of ether oxygens (including phenoxy) is 2. The van der Waals surface area contributed by atoms with Gasteiger partial charge in [0.25, 0.3) is 7.82 Å². The van der Waals surface area contributed by atoms with Crippen molar-refractivity contribution >= 4 is 13.8 Å². The minimum atomic E-state index is -4.52. The molecule has 0 radical (unpaired) electrons. The van der Waals surface area contributed by atoms with Gasteiger partial charge in [0.05, 0.1) is 34.4 Å². The number of rotatable bonds is 37. The Morgan fingerprint density at radius 2 is 1.16 bits per heavy atom. The second-order valence-corrected chi connectivity index (χ2v) is 16.0. The van der Waals surface area contributed by atoms with Gasteiger partial charge in [0.1, 0.15) is 19.3 Å². The van der Waals surface area contributed by atoms with E-state index in [0.29, 0.717) is 24.1 Å². The lowest BCUT2D eigenvalue weighted by Gasteiger charge is -2.28. The van der Waals surface area contributed by atoms with Crippen LogP contribution < -0.4 is 4.89 Å². The van der Waals surface area contributed by atoms with Gasteiger partial charge in [-0.3, -0.25) is 9.36 Å². The van der Waals surface area contributed by atoms with Crippen molar-refractivity contribution in [3.8, 4) is 0 Å². The number of hydrogen-bond acceptors (Lipinski definition) is 7. The van der Waals surface area contributed by atoms with Gasteiger partial charge in [-0.15, -0.1) is 0 Å². The van der Waals surface area contributed by atoms with Gasteiger partial charge in [-0.2, -0.15) is 0 Å². The summed E-state index contributed by atoms with van der Waals surface area (Å²) in [6.45, 7) is 5.28. The Balaban J connectivity index is 4.27. The average Bonchev–Trinajstić information content (AvgIpc) is 3.06. The summed E-state index contributed by atoms with van der Waals surface area (Å²) < 4.78 is 34.5. The van der Waals surface area contributed by atoms with Crippen molar-refractivity contribution in [2.75, 3.05) is 54.1 Å². The largest absolute Gasteiger partial charge is 0.756 e. The topological polar surface area (TPSA) is 94.1 Å². The van der Waals surface area contributed by atoms with E-state index >= 15 is 0 Å². The van der Waals surface area contributed by atoms with Gasteiger partial charge < -0.3 is 27.9 Å². The van der Waals surface area contributed by atoms with Crippen LogP contribution in [-0.2, 0) is 27.9 Å². The Kier molecular flexibility index (Phi) is 33.9. The van der Waals surface area contributed by atoms with E-state index in [-0.39, 0.29) is 25.8 Å². The first-order valence-corrected chi connectivity index (χ1v) is 21.7. The van der Waals surface area contributed by atoms with Crippen LogP contribution in [0.4, 0.5) is 0 Å². The van der Waals surface area contributed by atoms with Crippen molar-refractivity contribution in [2.45, 2.75) is 168 Å². The van der Waals surface area contributed by atoms with E-state index in [9.17, 15) is 14.3 Å². The summed E-state index contributed by atoms with van der Waals surface area (Å²) in [5.74, 6) is -0.345. The number of carbonyl (C=O) groups is 1.